The lowest BCUT2D eigenvalue weighted by atomic mass is 10.0. The zero-order valence-corrected chi connectivity index (χ0v) is 17.7. The summed E-state index contributed by atoms with van der Waals surface area (Å²) >= 11 is 11.9. The second-order valence-electron chi connectivity index (χ2n) is 6.39. The van der Waals surface area contributed by atoms with E-state index in [1.54, 1.807) is 7.11 Å². The fourth-order valence-corrected chi connectivity index (χ4v) is 4.89. The maximum absolute atomic E-state index is 12.8. The van der Waals surface area contributed by atoms with Crippen LogP contribution in [0.3, 0.4) is 0 Å². The maximum atomic E-state index is 12.8. The molecule has 9 heteroatoms. The van der Waals surface area contributed by atoms with Gasteiger partial charge >= 0.3 is 0 Å². The van der Waals surface area contributed by atoms with Crippen LogP contribution in [0.2, 0.25) is 10.0 Å². The second kappa shape index (κ2) is 9.43. The number of nitrogens with zero attached hydrogens (tertiary/aromatic N) is 1. The lowest BCUT2D eigenvalue weighted by Crippen LogP contribution is -2.43. The van der Waals surface area contributed by atoms with E-state index < -0.39 is 10.0 Å². The van der Waals surface area contributed by atoms with Gasteiger partial charge in [-0.25, -0.2) is 13.1 Å². The molecule has 28 heavy (non-hydrogen) atoms. The Bertz CT molecular complexity index is 880. The van der Waals surface area contributed by atoms with E-state index in [1.807, 2.05) is 24.3 Å². The Morgan fingerprint density at radius 3 is 2.29 bits per heavy atom. The van der Waals surface area contributed by atoms with Gasteiger partial charge in [-0.3, -0.25) is 4.90 Å². The molecule has 0 aliphatic carbocycles. The van der Waals surface area contributed by atoms with Crippen molar-refractivity contribution in [3.63, 3.8) is 0 Å². The van der Waals surface area contributed by atoms with Gasteiger partial charge in [-0.2, -0.15) is 0 Å². The highest BCUT2D eigenvalue weighted by Gasteiger charge is 2.25. The first-order chi connectivity index (χ1) is 13.4. The Labute approximate surface area is 175 Å². The van der Waals surface area contributed by atoms with Gasteiger partial charge in [0, 0.05) is 35.7 Å². The van der Waals surface area contributed by atoms with E-state index in [9.17, 15) is 8.42 Å². The van der Waals surface area contributed by atoms with Crippen molar-refractivity contribution in [1.82, 2.24) is 9.62 Å². The smallest absolute Gasteiger partial charge is 0.240 e. The molecule has 3 rings (SSSR count). The van der Waals surface area contributed by atoms with Crippen LogP contribution in [0.1, 0.15) is 11.6 Å². The lowest BCUT2D eigenvalue weighted by Gasteiger charge is -2.35. The molecule has 1 atom stereocenters. The molecule has 1 aliphatic rings. The fourth-order valence-electron chi connectivity index (χ4n) is 3.13. The summed E-state index contributed by atoms with van der Waals surface area (Å²) in [5.74, 6) is 0.749. The van der Waals surface area contributed by atoms with Crippen molar-refractivity contribution >= 4 is 33.2 Å². The van der Waals surface area contributed by atoms with Crippen molar-refractivity contribution in [3.05, 3.63) is 58.1 Å². The van der Waals surface area contributed by atoms with Crippen molar-refractivity contribution in [2.24, 2.45) is 0 Å². The summed E-state index contributed by atoms with van der Waals surface area (Å²) in [6.07, 6.45) is 0. The molecule has 0 spiro atoms. The third-order valence-electron chi connectivity index (χ3n) is 4.60. The molecule has 2 aromatic rings. The maximum Gasteiger partial charge on any atom is 0.240 e. The van der Waals surface area contributed by atoms with Gasteiger partial charge in [0.25, 0.3) is 0 Å². The van der Waals surface area contributed by atoms with Crippen LogP contribution in [0.15, 0.2) is 47.4 Å². The van der Waals surface area contributed by atoms with E-state index in [-0.39, 0.29) is 27.5 Å². The van der Waals surface area contributed by atoms with Gasteiger partial charge in [-0.15, -0.1) is 0 Å². The third kappa shape index (κ3) is 5.37. The van der Waals surface area contributed by atoms with Crippen LogP contribution in [0.4, 0.5) is 0 Å². The minimum atomic E-state index is -3.76. The van der Waals surface area contributed by atoms with Crippen molar-refractivity contribution in [1.29, 1.82) is 0 Å². The van der Waals surface area contributed by atoms with Crippen LogP contribution in [-0.4, -0.2) is 53.3 Å². The summed E-state index contributed by atoms with van der Waals surface area (Å²) < 4.78 is 38.9. The monoisotopic (exact) mass is 444 g/mol. The highest BCUT2D eigenvalue weighted by molar-refractivity contribution is 7.89. The molecule has 6 nitrogen and oxygen atoms in total. The first kappa shape index (κ1) is 21.4. The van der Waals surface area contributed by atoms with Gasteiger partial charge in [-0.1, -0.05) is 35.3 Å². The van der Waals surface area contributed by atoms with Gasteiger partial charge in [0.2, 0.25) is 10.0 Å². The molecule has 2 aromatic carbocycles. The molecule has 1 saturated heterocycles. The molecule has 1 aliphatic heterocycles. The first-order valence-electron chi connectivity index (χ1n) is 8.80. The molecule has 0 amide bonds. The van der Waals surface area contributed by atoms with Gasteiger partial charge in [0.15, 0.2) is 0 Å². The summed E-state index contributed by atoms with van der Waals surface area (Å²) in [5.41, 5.74) is 0.995. The summed E-state index contributed by atoms with van der Waals surface area (Å²) in [6, 6.07) is 11.8. The number of halogens is 2. The van der Waals surface area contributed by atoms with Gasteiger partial charge in [0.05, 0.1) is 25.2 Å². The van der Waals surface area contributed by atoms with Crippen molar-refractivity contribution < 1.29 is 17.9 Å². The van der Waals surface area contributed by atoms with Gasteiger partial charge in [-0.05, 0) is 35.9 Å². The van der Waals surface area contributed by atoms with Crippen LogP contribution >= 0.6 is 23.2 Å². The zero-order valence-electron chi connectivity index (χ0n) is 15.4. The predicted octanol–water partition coefficient (Wildman–Crippen LogP) is 3.35. The number of methoxy groups -OCH3 is 1. The molecule has 152 valence electrons. The fraction of sp³-hybridized carbons (Fsp3) is 0.368. The Morgan fingerprint density at radius 2 is 1.71 bits per heavy atom. The Balaban J connectivity index is 1.82. The van der Waals surface area contributed by atoms with Crippen molar-refractivity contribution in [3.8, 4) is 5.75 Å². The predicted molar refractivity (Wildman–Crippen MR) is 110 cm³/mol. The molecule has 0 aromatic heterocycles. The normalized spacial score (nSPS) is 16.7. The lowest BCUT2D eigenvalue weighted by molar-refractivity contribution is 0.0172. The summed E-state index contributed by atoms with van der Waals surface area (Å²) in [4.78, 5) is 2.25. The van der Waals surface area contributed by atoms with Crippen molar-refractivity contribution in [2.75, 3.05) is 40.0 Å². The highest BCUT2D eigenvalue weighted by Crippen LogP contribution is 2.26. The van der Waals surface area contributed by atoms with Gasteiger partial charge < -0.3 is 9.47 Å². The van der Waals surface area contributed by atoms with E-state index in [1.165, 1.54) is 18.2 Å². The number of sulfonamides is 1. The second-order valence-corrected chi connectivity index (χ2v) is 9.03. The van der Waals surface area contributed by atoms with Crippen LogP contribution in [0, 0.1) is 0 Å². The molecular weight excluding hydrogens is 423 g/mol. The summed E-state index contributed by atoms with van der Waals surface area (Å²) in [7, 11) is -2.15. The Hall–Kier alpha value is -1.35. The molecule has 1 unspecified atom stereocenters. The average Bonchev–Trinajstić information content (AvgIpc) is 2.68. The van der Waals surface area contributed by atoms with Crippen LogP contribution in [0.5, 0.6) is 5.75 Å². The molecular formula is C19H22Cl2N2O4S. The number of morpholine rings is 1. The number of hydrogen-bond donors (Lipinski definition) is 1. The number of ether oxygens (including phenoxy) is 2. The van der Waals surface area contributed by atoms with Crippen molar-refractivity contribution in [2.45, 2.75) is 10.9 Å². The Morgan fingerprint density at radius 1 is 1.11 bits per heavy atom. The quantitative estimate of drug-likeness (QED) is 0.708. The topological polar surface area (TPSA) is 67.9 Å². The van der Waals surface area contributed by atoms with Gasteiger partial charge in [0.1, 0.15) is 5.75 Å². The SMILES string of the molecule is COc1ccc(C(CNS(=O)(=O)c2cc(Cl)cc(Cl)c2)N2CCOCC2)cc1. The van der Waals surface area contributed by atoms with Crippen LogP contribution < -0.4 is 9.46 Å². The first-order valence-corrected chi connectivity index (χ1v) is 11.0. The van der Waals surface area contributed by atoms with Crippen LogP contribution in [-0.2, 0) is 14.8 Å². The molecule has 1 N–H and O–H groups in total. The summed E-state index contributed by atoms with van der Waals surface area (Å²) in [6.45, 7) is 2.88. The number of hydrogen-bond acceptors (Lipinski definition) is 5. The van der Waals surface area contributed by atoms with Crippen LogP contribution in [0.25, 0.3) is 0 Å². The average molecular weight is 445 g/mol. The van der Waals surface area contributed by atoms with E-state index in [4.69, 9.17) is 32.7 Å². The molecule has 0 radical (unpaired) electrons. The number of benzene rings is 2. The number of rotatable bonds is 7. The molecule has 0 bridgehead atoms. The molecule has 0 saturated carbocycles. The third-order valence-corrected chi connectivity index (χ3v) is 6.44. The minimum absolute atomic E-state index is 0.0421. The highest BCUT2D eigenvalue weighted by atomic mass is 35.5. The largest absolute Gasteiger partial charge is 0.497 e. The van der Waals surface area contributed by atoms with E-state index in [2.05, 4.69) is 9.62 Å². The van der Waals surface area contributed by atoms with E-state index >= 15 is 0 Å². The molecule has 1 heterocycles. The van der Waals surface area contributed by atoms with E-state index in [0.29, 0.717) is 13.2 Å². The standard InChI is InChI=1S/C19H22Cl2N2O4S/c1-26-17-4-2-14(3-5-17)19(23-6-8-27-9-7-23)13-22-28(24,25)18-11-15(20)10-16(21)12-18/h2-5,10-12,19,22H,6-9,13H2,1H3. The Kier molecular flexibility index (Phi) is 7.20. The summed E-state index contributed by atoms with van der Waals surface area (Å²) in [5, 5.41) is 0.542. The number of nitrogens with one attached hydrogen (secondary N) is 1. The van der Waals surface area contributed by atoms with E-state index in [0.717, 1.165) is 24.4 Å². The minimum Gasteiger partial charge on any atom is -0.497 e. The molecule has 1 fully saturated rings. The zero-order chi connectivity index (χ0) is 20.1.